The molecular formula is C27H35ClN2O2S2. The van der Waals surface area contributed by atoms with Gasteiger partial charge in [-0.25, -0.2) is 4.31 Å². The second-order valence-corrected chi connectivity index (χ2v) is 13.5. The highest BCUT2D eigenvalue weighted by molar-refractivity contribution is 8.27. The third-order valence-electron chi connectivity index (χ3n) is 6.54. The molecule has 2 aromatic carbocycles. The number of para-hydroxylation sites is 1. The van der Waals surface area contributed by atoms with E-state index in [1.165, 1.54) is 4.90 Å². The van der Waals surface area contributed by atoms with Crippen molar-refractivity contribution in [3.63, 3.8) is 0 Å². The normalized spacial score (nSPS) is 22.9. The Kier molecular flexibility index (Phi) is 7.97. The van der Waals surface area contributed by atoms with Crippen LogP contribution in [0.15, 0.2) is 58.8 Å². The molecule has 3 aromatic rings. The third kappa shape index (κ3) is 4.77. The molecule has 2 heterocycles. The van der Waals surface area contributed by atoms with E-state index >= 15 is 0 Å². The van der Waals surface area contributed by atoms with E-state index in [0.29, 0.717) is 23.6 Å². The smallest absolute Gasteiger partial charge is 0.0780 e. The van der Waals surface area contributed by atoms with Crippen LogP contribution in [-0.2, 0) is 10.8 Å². The van der Waals surface area contributed by atoms with Gasteiger partial charge in [-0.15, -0.1) is 11.3 Å². The van der Waals surface area contributed by atoms with Gasteiger partial charge in [0, 0.05) is 35.0 Å². The lowest BCUT2D eigenvalue weighted by Crippen LogP contribution is -2.40. The minimum atomic E-state index is -1.78. The molecule has 0 spiro atoms. The Labute approximate surface area is 214 Å². The molecule has 1 aromatic heterocycles. The van der Waals surface area contributed by atoms with Gasteiger partial charge in [0.05, 0.1) is 28.8 Å². The summed E-state index contributed by atoms with van der Waals surface area (Å²) in [7, 11) is 0.440. The summed E-state index contributed by atoms with van der Waals surface area (Å²) in [6, 6.07) is 17.2. The van der Waals surface area contributed by atoms with Crippen molar-refractivity contribution in [2.24, 2.45) is 5.92 Å². The molecule has 0 amide bonds. The van der Waals surface area contributed by atoms with Crippen LogP contribution in [0.25, 0.3) is 11.1 Å². The van der Waals surface area contributed by atoms with E-state index in [4.69, 9.17) is 15.8 Å². The van der Waals surface area contributed by atoms with E-state index in [-0.39, 0.29) is 6.61 Å². The van der Waals surface area contributed by atoms with Gasteiger partial charge in [0.1, 0.15) is 0 Å². The number of aliphatic hydroxyl groups is 1. The van der Waals surface area contributed by atoms with Crippen molar-refractivity contribution in [1.29, 1.82) is 0 Å². The van der Waals surface area contributed by atoms with E-state index in [1.54, 1.807) is 11.3 Å². The molecule has 2 atom stereocenters. The number of hydrogen-bond donors (Lipinski definition) is 1. The van der Waals surface area contributed by atoms with Crippen LogP contribution in [-0.4, -0.2) is 41.9 Å². The number of nitrogens with zero attached hydrogens (tertiary/aromatic N) is 2. The lowest BCUT2D eigenvalue weighted by atomic mass is 10.0. The molecule has 0 fully saturated rings. The molecular weight excluding hydrogens is 484 g/mol. The predicted molar refractivity (Wildman–Crippen MR) is 149 cm³/mol. The van der Waals surface area contributed by atoms with Gasteiger partial charge in [-0.05, 0) is 67.6 Å². The second kappa shape index (κ2) is 10.6. The molecule has 0 saturated heterocycles. The standard InChI is InChI=1S/C27H35ClN2O2S2/c1-6-32-34(5)27-15-23(22-12-13-33-26(22)18-31)24(28)16-25(27)30(20-10-8-7-9-11-20)17-21(29(34)4)14-19(2)3/h7-13,15-16,19,21,31H,6,14,17-18H2,1-5H3/t21-/m1/s1. The van der Waals surface area contributed by atoms with Gasteiger partial charge in [0.25, 0.3) is 0 Å². The summed E-state index contributed by atoms with van der Waals surface area (Å²) in [6.45, 7) is 8.14. The molecule has 34 heavy (non-hydrogen) atoms. The lowest BCUT2D eigenvalue weighted by molar-refractivity contribution is 0.286. The molecule has 0 aliphatic carbocycles. The van der Waals surface area contributed by atoms with Crippen molar-refractivity contribution in [3.05, 3.63) is 63.8 Å². The SMILES string of the molecule is CCOS1(C)c2cc(-c3ccsc3CO)c(Cl)cc2N(c2ccccc2)C[C@@H](CC(C)C)N1C. The minimum absolute atomic E-state index is 0.00248. The molecule has 184 valence electrons. The van der Waals surface area contributed by atoms with Crippen molar-refractivity contribution < 1.29 is 9.29 Å². The molecule has 0 saturated carbocycles. The summed E-state index contributed by atoms with van der Waals surface area (Å²) in [5.74, 6) is 0.564. The molecule has 1 aliphatic heterocycles. The van der Waals surface area contributed by atoms with Gasteiger partial charge >= 0.3 is 0 Å². The highest BCUT2D eigenvalue weighted by atomic mass is 35.5. The summed E-state index contributed by atoms with van der Waals surface area (Å²) in [4.78, 5) is 4.50. The zero-order chi connectivity index (χ0) is 24.5. The van der Waals surface area contributed by atoms with Gasteiger partial charge in [-0.3, -0.25) is 0 Å². The van der Waals surface area contributed by atoms with Crippen LogP contribution in [0.4, 0.5) is 11.4 Å². The number of rotatable bonds is 7. The molecule has 1 unspecified atom stereocenters. The fourth-order valence-electron chi connectivity index (χ4n) is 4.83. The number of fused-ring (bicyclic) bond motifs is 1. The van der Waals surface area contributed by atoms with Crippen LogP contribution in [0.2, 0.25) is 5.02 Å². The van der Waals surface area contributed by atoms with E-state index < -0.39 is 10.5 Å². The number of thiophene rings is 1. The Hall–Kier alpha value is -1.54. The first-order valence-corrected chi connectivity index (χ1v) is 15.0. The van der Waals surface area contributed by atoms with E-state index in [1.807, 2.05) is 11.4 Å². The van der Waals surface area contributed by atoms with E-state index in [9.17, 15) is 5.11 Å². The van der Waals surface area contributed by atoms with Crippen LogP contribution in [0, 0.1) is 5.92 Å². The van der Waals surface area contributed by atoms with E-state index in [0.717, 1.165) is 40.3 Å². The monoisotopic (exact) mass is 518 g/mol. The Morgan fingerprint density at radius 3 is 2.56 bits per heavy atom. The number of anilines is 2. The minimum Gasteiger partial charge on any atom is -0.391 e. The Bertz CT molecular complexity index is 1120. The maximum atomic E-state index is 9.91. The topological polar surface area (TPSA) is 35.9 Å². The number of benzene rings is 2. The number of aliphatic hydroxyl groups excluding tert-OH is 1. The molecule has 4 nitrogen and oxygen atoms in total. The van der Waals surface area contributed by atoms with Crippen LogP contribution in [0.5, 0.6) is 0 Å². The maximum absolute atomic E-state index is 9.91. The predicted octanol–water partition coefficient (Wildman–Crippen LogP) is 7.72. The molecule has 7 heteroatoms. The van der Waals surface area contributed by atoms with Crippen LogP contribution in [0.3, 0.4) is 0 Å². The highest BCUT2D eigenvalue weighted by Gasteiger charge is 2.40. The summed E-state index contributed by atoms with van der Waals surface area (Å²) in [6.07, 6.45) is 3.33. The fourth-order valence-corrected chi connectivity index (χ4v) is 8.51. The largest absolute Gasteiger partial charge is 0.391 e. The molecule has 1 aliphatic rings. The summed E-state index contributed by atoms with van der Waals surface area (Å²) in [5, 5.41) is 12.6. The van der Waals surface area contributed by atoms with Crippen molar-refractivity contribution >= 4 is 44.8 Å². The van der Waals surface area contributed by atoms with Crippen molar-refractivity contribution in [2.75, 3.05) is 31.4 Å². The second-order valence-electron chi connectivity index (χ2n) is 9.20. The van der Waals surface area contributed by atoms with Gasteiger partial charge in [-0.2, -0.15) is 0 Å². The Morgan fingerprint density at radius 2 is 1.91 bits per heavy atom. The van der Waals surface area contributed by atoms with Crippen molar-refractivity contribution in [2.45, 2.75) is 44.7 Å². The Balaban J connectivity index is 1.98. The highest BCUT2D eigenvalue weighted by Crippen LogP contribution is 2.63. The number of halogens is 1. The quantitative estimate of drug-likeness (QED) is 0.347. The molecule has 0 radical (unpaired) electrons. The van der Waals surface area contributed by atoms with Crippen LogP contribution in [0.1, 0.15) is 32.1 Å². The van der Waals surface area contributed by atoms with Crippen molar-refractivity contribution in [3.8, 4) is 11.1 Å². The molecule has 0 bridgehead atoms. The summed E-state index contributed by atoms with van der Waals surface area (Å²) >= 11 is 8.52. The summed E-state index contributed by atoms with van der Waals surface area (Å²) in [5.41, 5.74) is 4.20. The first-order chi connectivity index (χ1) is 16.3. The Morgan fingerprint density at radius 1 is 1.18 bits per heavy atom. The summed E-state index contributed by atoms with van der Waals surface area (Å²) < 4.78 is 9.13. The average molecular weight is 519 g/mol. The lowest BCUT2D eigenvalue weighted by Gasteiger charge is -2.46. The van der Waals surface area contributed by atoms with Gasteiger partial charge in [0.2, 0.25) is 0 Å². The number of likely N-dealkylation sites (N-methyl/N-ethyl adjacent to an activating group) is 1. The van der Waals surface area contributed by atoms with Crippen molar-refractivity contribution in [1.82, 2.24) is 4.31 Å². The van der Waals surface area contributed by atoms with E-state index in [2.05, 4.69) is 85.7 Å². The van der Waals surface area contributed by atoms with Crippen LogP contribution < -0.4 is 4.90 Å². The van der Waals surface area contributed by atoms with Gasteiger partial charge < -0.3 is 14.2 Å². The first-order valence-electron chi connectivity index (χ1n) is 11.8. The first kappa shape index (κ1) is 25.5. The fraction of sp³-hybridized carbons (Fsp3) is 0.407. The third-order valence-corrected chi connectivity index (χ3v) is 11.0. The zero-order valence-corrected chi connectivity index (χ0v) is 23.0. The van der Waals surface area contributed by atoms with Crippen LogP contribution >= 0.6 is 33.4 Å². The maximum Gasteiger partial charge on any atom is 0.0780 e. The van der Waals surface area contributed by atoms with Gasteiger partial charge in [-0.1, -0.05) is 54.1 Å². The number of hydrogen-bond acceptors (Lipinski definition) is 5. The molecule has 4 rings (SSSR count). The average Bonchev–Trinajstić information content (AvgIpc) is 3.27. The molecule has 1 N–H and O–H groups in total. The van der Waals surface area contributed by atoms with Gasteiger partial charge in [0.15, 0.2) is 0 Å². The zero-order valence-electron chi connectivity index (χ0n) is 20.6.